The molecule has 2 aromatic rings. The van der Waals surface area contributed by atoms with Gasteiger partial charge in [-0.3, -0.25) is 10.1 Å². The molecular weight excluding hydrogens is 360 g/mol. The van der Waals surface area contributed by atoms with Crippen LogP contribution in [-0.2, 0) is 10.0 Å². The quantitative estimate of drug-likeness (QED) is 0.590. The van der Waals surface area contributed by atoms with E-state index < -0.39 is 14.9 Å². The first kappa shape index (κ1) is 18.3. The molecule has 0 spiro atoms. The second-order valence-corrected chi connectivity index (χ2v) is 8.05. The summed E-state index contributed by atoms with van der Waals surface area (Å²) in [4.78, 5) is 12.5. The summed E-state index contributed by atoms with van der Waals surface area (Å²) in [6.07, 6.45) is 0.652. The minimum atomic E-state index is -3.67. The molecule has 9 nitrogen and oxygen atoms in total. The number of rotatable bonds is 4. The molecular formula is C16H20N4O5S. The summed E-state index contributed by atoms with van der Waals surface area (Å²) < 4.78 is 32.3. The van der Waals surface area contributed by atoms with Crippen molar-refractivity contribution < 1.29 is 17.9 Å². The van der Waals surface area contributed by atoms with Crippen molar-refractivity contribution in [3.8, 4) is 0 Å². The molecule has 1 aromatic heterocycles. The van der Waals surface area contributed by atoms with E-state index in [0.29, 0.717) is 44.1 Å². The van der Waals surface area contributed by atoms with Crippen LogP contribution in [0.25, 0.3) is 0 Å². The normalized spacial score (nSPS) is 16.5. The van der Waals surface area contributed by atoms with Crippen LogP contribution in [0.2, 0.25) is 0 Å². The summed E-state index contributed by atoms with van der Waals surface area (Å²) in [6.45, 7) is 5.10. The van der Waals surface area contributed by atoms with E-state index in [1.54, 1.807) is 26.0 Å². The van der Waals surface area contributed by atoms with Crippen molar-refractivity contribution >= 4 is 21.4 Å². The average molecular weight is 380 g/mol. The van der Waals surface area contributed by atoms with Gasteiger partial charge in [0.15, 0.2) is 5.76 Å². The van der Waals surface area contributed by atoms with Crippen molar-refractivity contribution in [2.24, 2.45) is 0 Å². The Kier molecular flexibility index (Phi) is 4.97. The minimum Gasteiger partial charge on any atom is -0.370 e. The Bertz CT molecular complexity index is 888. The van der Waals surface area contributed by atoms with Crippen molar-refractivity contribution in [2.75, 3.05) is 31.1 Å². The smallest absolute Gasteiger partial charge is 0.269 e. The van der Waals surface area contributed by atoms with E-state index in [9.17, 15) is 18.5 Å². The number of nitrogens with zero attached hydrogens (tertiary/aromatic N) is 4. The molecule has 0 bridgehead atoms. The van der Waals surface area contributed by atoms with Crippen LogP contribution in [0.1, 0.15) is 17.9 Å². The molecule has 0 atom stereocenters. The van der Waals surface area contributed by atoms with Crippen molar-refractivity contribution in [2.45, 2.75) is 25.2 Å². The maximum absolute atomic E-state index is 12.9. The second kappa shape index (κ2) is 7.04. The van der Waals surface area contributed by atoms with Crippen LogP contribution in [0.15, 0.2) is 33.7 Å². The van der Waals surface area contributed by atoms with Crippen molar-refractivity contribution in [1.29, 1.82) is 0 Å². The Morgan fingerprint density at radius 3 is 2.38 bits per heavy atom. The first-order valence-electron chi connectivity index (χ1n) is 8.23. The highest BCUT2D eigenvalue weighted by Crippen LogP contribution is 2.26. The number of anilines is 1. The number of benzene rings is 1. The fraction of sp³-hybridized carbons (Fsp3) is 0.438. The van der Waals surface area contributed by atoms with Gasteiger partial charge < -0.3 is 9.42 Å². The predicted octanol–water partition coefficient (Wildman–Crippen LogP) is 2.10. The van der Waals surface area contributed by atoms with E-state index >= 15 is 0 Å². The topological polar surface area (TPSA) is 110 Å². The number of aromatic nitrogens is 1. The number of aryl methyl sites for hydroxylation is 2. The van der Waals surface area contributed by atoms with Crippen LogP contribution in [0.4, 0.5) is 11.4 Å². The molecule has 0 saturated carbocycles. The summed E-state index contributed by atoms with van der Waals surface area (Å²) in [5, 5.41) is 14.5. The Hall–Kier alpha value is -2.46. The molecule has 0 aliphatic carbocycles. The SMILES string of the molecule is Cc1noc(C)c1S(=O)(=O)N1CCCN(c2ccc([N+](=O)[O-])cc2)CC1. The standard InChI is InChI=1S/C16H20N4O5S/c1-12-16(13(2)25-17-12)26(23,24)19-9-3-8-18(10-11-19)14-4-6-15(7-5-14)20(21)22/h4-7H,3,8-11H2,1-2H3. The van der Waals surface area contributed by atoms with Crippen LogP contribution >= 0.6 is 0 Å². The summed E-state index contributed by atoms with van der Waals surface area (Å²) in [7, 11) is -3.67. The Morgan fingerprint density at radius 2 is 1.81 bits per heavy atom. The van der Waals surface area contributed by atoms with Gasteiger partial charge >= 0.3 is 0 Å². The van der Waals surface area contributed by atoms with Crippen LogP contribution in [0.5, 0.6) is 0 Å². The average Bonchev–Trinajstić information content (AvgIpc) is 2.81. The van der Waals surface area contributed by atoms with Crippen LogP contribution in [0, 0.1) is 24.0 Å². The minimum absolute atomic E-state index is 0.0335. The van der Waals surface area contributed by atoms with Gasteiger partial charge in [-0.15, -0.1) is 0 Å². The third-order valence-corrected chi connectivity index (χ3v) is 6.59. The number of nitro groups is 1. The molecule has 1 aliphatic rings. The molecule has 26 heavy (non-hydrogen) atoms. The molecule has 140 valence electrons. The maximum Gasteiger partial charge on any atom is 0.269 e. The predicted molar refractivity (Wildman–Crippen MR) is 94.7 cm³/mol. The van der Waals surface area contributed by atoms with Crippen LogP contribution in [0.3, 0.4) is 0 Å². The molecule has 3 rings (SSSR count). The molecule has 1 saturated heterocycles. The Labute approximate surface area is 151 Å². The summed E-state index contributed by atoms with van der Waals surface area (Å²) in [5.41, 5.74) is 1.23. The fourth-order valence-corrected chi connectivity index (χ4v) is 4.91. The lowest BCUT2D eigenvalue weighted by molar-refractivity contribution is -0.384. The van der Waals surface area contributed by atoms with Gasteiger partial charge in [0.2, 0.25) is 10.0 Å². The van der Waals surface area contributed by atoms with Crippen LogP contribution in [-0.4, -0.2) is 49.0 Å². The number of hydrogen-bond donors (Lipinski definition) is 0. The summed E-state index contributed by atoms with van der Waals surface area (Å²) in [5.74, 6) is 0.291. The number of non-ortho nitro benzene ring substituents is 1. The molecule has 0 amide bonds. The van der Waals surface area contributed by atoms with E-state index in [1.165, 1.54) is 16.4 Å². The third-order valence-electron chi connectivity index (χ3n) is 4.45. The molecule has 0 radical (unpaired) electrons. The molecule has 0 N–H and O–H groups in total. The van der Waals surface area contributed by atoms with Gasteiger partial charge in [-0.2, -0.15) is 4.31 Å². The van der Waals surface area contributed by atoms with E-state index in [2.05, 4.69) is 5.16 Å². The summed E-state index contributed by atoms with van der Waals surface area (Å²) in [6, 6.07) is 6.30. The zero-order chi connectivity index (χ0) is 18.9. The lowest BCUT2D eigenvalue weighted by atomic mass is 10.2. The first-order chi connectivity index (χ1) is 12.3. The number of sulfonamides is 1. The van der Waals surface area contributed by atoms with E-state index in [-0.39, 0.29) is 10.6 Å². The van der Waals surface area contributed by atoms with Gasteiger partial charge in [0, 0.05) is 44.0 Å². The molecule has 0 unspecified atom stereocenters. The van der Waals surface area contributed by atoms with Crippen molar-refractivity contribution in [3.05, 3.63) is 45.8 Å². The summed E-state index contributed by atoms with van der Waals surface area (Å²) >= 11 is 0. The lowest BCUT2D eigenvalue weighted by Gasteiger charge is -2.23. The van der Waals surface area contributed by atoms with Gasteiger partial charge in [0.25, 0.3) is 5.69 Å². The van der Waals surface area contributed by atoms with Gasteiger partial charge in [-0.05, 0) is 32.4 Å². The highest BCUT2D eigenvalue weighted by molar-refractivity contribution is 7.89. The lowest BCUT2D eigenvalue weighted by Crippen LogP contribution is -2.35. The maximum atomic E-state index is 12.9. The van der Waals surface area contributed by atoms with E-state index in [4.69, 9.17) is 4.52 Å². The van der Waals surface area contributed by atoms with Gasteiger partial charge in [-0.25, -0.2) is 8.42 Å². The van der Waals surface area contributed by atoms with Crippen molar-refractivity contribution in [1.82, 2.24) is 9.46 Å². The Balaban J connectivity index is 1.77. The third kappa shape index (κ3) is 3.42. The van der Waals surface area contributed by atoms with E-state index in [1.807, 2.05) is 4.90 Å². The largest absolute Gasteiger partial charge is 0.370 e. The van der Waals surface area contributed by atoms with E-state index in [0.717, 1.165) is 5.69 Å². The molecule has 10 heteroatoms. The second-order valence-electron chi connectivity index (χ2n) is 6.17. The number of hydrogen-bond acceptors (Lipinski definition) is 7. The molecule has 1 aromatic carbocycles. The zero-order valence-electron chi connectivity index (χ0n) is 14.6. The highest BCUT2D eigenvalue weighted by Gasteiger charge is 2.32. The monoisotopic (exact) mass is 380 g/mol. The zero-order valence-corrected chi connectivity index (χ0v) is 15.4. The fourth-order valence-electron chi connectivity index (χ4n) is 3.15. The van der Waals surface area contributed by atoms with Crippen molar-refractivity contribution in [3.63, 3.8) is 0 Å². The molecule has 1 aliphatic heterocycles. The first-order valence-corrected chi connectivity index (χ1v) is 9.67. The number of nitro benzene ring substituents is 1. The van der Waals surface area contributed by atoms with Gasteiger partial charge in [0.05, 0.1) is 4.92 Å². The highest BCUT2D eigenvalue weighted by atomic mass is 32.2. The van der Waals surface area contributed by atoms with Gasteiger partial charge in [0.1, 0.15) is 10.6 Å². The van der Waals surface area contributed by atoms with Gasteiger partial charge in [-0.1, -0.05) is 5.16 Å². The van der Waals surface area contributed by atoms with Crippen LogP contribution < -0.4 is 4.90 Å². The molecule has 2 heterocycles. The molecule has 1 fully saturated rings. The Morgan fingerprint density at radius 1 is 1.12 bits per heavy atom.